The van der Waals surface area contributed by atoms with E-state index in [0.717, 1.165) is 16.0 Å². The summed E-state index contributed by atoms with van der Waals surface area (Å²) in [6, 6.07) is 20.5. The van der Waals surface area contributed by atoms with Crippen LogP contribution in [0.1, 0.15) is 17.2 Å². The molecule has 3 heterocycles. The van der Waals surface area contributed by atoms with Gasteiger partial charge in [0, 0.05) is 24.0 Å². The number of nitrogens with one attached hydrogen (secondary N) is 1. The topological polar surface area (TPSA) is 113 Å². The number of carbonyl (C=O) groups is 3. The van der Waals surface area contributed by atoms with Gasteiger partial charge in [0.1, 0.15) is 6.04 Å². The molecule has 0 aliphatic carbocycles. The second-order valence-electron chi connectivity index (χ2n) is 8.97. The Hall–Kier alpha value is -4.79. The number of carbonyl (C=O) groups excluding carboxylic acids is 3. The molecule has 36 heavy (non-hydrogen) atoms. The van der Waals surface area contributed by atoms with Gasteiger partial charge in [-0.3, -0.25) is 24.5 Å². The normalized spacial score (nSPS) is 23.8. The van der Waals surface area contributed by atoms with Gasteiger partial charge in [0.25, 0.3) is 5.69 Å². The van der Waals surface area contributed by atoms with Crippen LogP contribution in [0.2, 0.25) is 0 Å². The third-order valence-corrected chi connectivity index (χ3v) is 7.09. The largest absolute Gasteiger partial charge is 0.357 e. The van der Waals surface area contributed by atoms with Gasteiger partial charge in [0.05, 0.1) is 28.5 Å². The third-order valence-electron chi connectivity index (χ3n) is 7.09. The molecule has 3 amide bonds. The lowest BCUT2D eigenvalue weighted by atomic mass is 9.84. The summed E-state index contributed by atoms with van der Waals surface area (Å²) in [5.41, 5.74) is 2.49. The molecular formula is C27H20N4O5. The highest BCUT2D eigenvalue weighted by Crippen LogP contribution is 2.53. The Bertz CT molecular complexity index is 1440. The Balaban J connectivity index is 1.43. The highest BCUT2D eigenvalue weighted by molar-refractivity contribution is 6.24. The third kappa shape index (κ3) is 3.20. The van der Waals surface area contributed by atoms with Crippen molar-refractivity contribution in [2.75, 3.05) is 10.2 Å². The molecule has 0 radical (unpaired) electrons. The molecular weight excluding hydrogens is 460 g/mol. The van der Waals surface area contributed by atoms with Crippen molar-refractivity contribution < 1.29 is 19.3 Å². The fraction of sp³-hybridized carbons (Fsp3) is 0.148. The molecule has 3 aromatic carbocycles. The van der Waals surface area contributed by atoms with Crippen molar-refractivity contribution >= 4 is 40.9 Å². The lowest BCUT2D eigenvalue weighted by Gasteiger charge is -2.35. The average molecular weight is 480 g/mol. The Morgan fingerprint density at radius 1 is 0.861 bits per heavy atom. The maximum atomic E-state index is 13.8. The van der Waals surface area contributed by atoms with E-state index < -0.39 is 40.7 Å². The minimum atomic E-state index is -0.919. The van der Waals surface area contributed by atoms with E-state index in [0.29, 0.717) is 5.69 Å². The van der Waals surface area contributed by atoms with E-state index in [9.17, 15) is 24.5 Å². The number of nitrogens with zero attached hydrogens (tertiary/aromatic N) is 3. The number of benzene rings is 3. The molecule has 3 aromatic rings. The zero-order valence-corrected chi connectivity index (χ0v) is 18.9. The van der Waals surface area contributed by atoms with Crippen molar-refractivity contribution in [2.24, 2.45) is 11.8 Å². The summed E-state index contributed by atoms with van der Waals surface area (Å²) < 4.78 is 0. The Morgan fingerprint density at radius 3 is 2.25 bits per heavy atom. The standard InChI is InChI=1S/C27H20N4O5/c32-25(28-17-7-2-1-3-8-17)24-22-21(23-20-9-5-4-6-16(20)14-15-29(23)24)26(33)30(27(22)34)18-10-12-19(13-11-18)31(35)36/h1-15,21-24H,(H,28,32)/t21-,22-,23+,24+/m1/s1. The number of nitro benzene ring substituents is 1. The molecule has 0 bridgehead atoms. The van der Waals surface area contributed by atoms with Crippen LogP contribution in [0.25, 0.3) is 6.08 Å². The van der Waals surface area contributed by atoms with Crippen LogP contribution in [0, 0.1) is 22.0 Å². The number of hydrogen-bond acceptors (Lipinski definition) is 6. The average Bonchev–Trinajstić information content (AvgIpc) is 3.37. The number of imide groups is 1. The van der Waals surface area contributed by atoms with Gasteiger partial charge in [0.15, 0.2) is 0 Å². The van der Waals surface area contributed by atoms with Crippen molar-refractivity contribution in [1.29, 1.82) is 0 Å². The summed E-state index contributed by atoms with van der Waals surface area (Å²) in [6.45, 7) is 0. The van der Waals surface area contributed by atoms with E-state index in [1.165, 1.54) is 24.3 Å². The molecule has 0 unspecified atom stereocenters. The van der Waals surface area contributed by atoms with Crippen LogP contribution in [-0.4, -0.2) is 33.6 Å². The zero-order valence-electron chi connectivity index (χ0n) is 18.9. The summed E-state index contributed by atoms with van der Waals surface area (Å²) in [6.07, 6.45) is 3.68. The summed E-state index contributed by atoms with van der Waals surface area (Å²) in [7, 11) is 0. The van der Waals surface area contributed by atoms with Gasteiger partial charge < -0.3 is 10.2 Å². The van der Waals surface area contributed by atoms with Crippen LogP contribution in [-0.2, 0) is 14.4 Å². The van der Waals surface area contributed by atoms with E-state index in [1.54, 1.807) is 30.5 Å². The number of para-hydroxylation sites is 1. The Morgan fingerprint density at radius 2 is 1.53 bits per heavy atom. The van der Waals surface area contributed by atoms with Gasteiger partial charge in [-0.2, -0.15) is 0 Å². The fourth-order valence-corrected chi connectivity index (χ4v) is 5.57. The second kappa shape index (κ2) is 8.16. The first-order chi connectivity index (χ1) is 17.5. The number of nitro groups is 1. The number of amides is 3. The second-order valence-corrected chi connectivity index (χ2v) is 8.97. The molecule has 2 saturated heterocycles. The number of rotatable bonds is 4. The zero-order chi connectivity index (χ0) is 25.0. The van der Waals surface area contributed by atoms with E-state index in [2.05, 4.69) is 5.32 Å². The van der Waals surface area contributed by atoms with Crippen molar-refractivity contribution in [3.8, 4) is 0 Å². The van der Waals surface area contributed by atoms with Crippen LogP contribution < -0.4 is 10.2 Å². The minimum Gasteiger partial charge on any atom is -0.357 e. The van der Waals surface area contributed by atoms with Gasteiger partial charge in [-0.15, -0.1) is 0 Å². The van der Waals surface area contributed by atoms with Gasteiger partial charge in [-0.05, 0) is 41.5 Å². The summed E-state index contributed by atoms with van der Waals surface area (Å²) >= 11 is 0. The lowest BCUT2D eigenvalue weighted by molar-refractivity contribution is -0.384. The first-order valence-corrected chi connectivity index (χ1v) is 11.5. The fourth-order valence-electron chi connectivity index (χ4n) is 5.57. The number of fused-ring (bicyclic) bond motifs is 5. The maximum Gasteiger partial charge on any atom is 0.269 e. The van der Waals surface area contributed by atoms with E-state index >= 15 is 0 Å². The van der Waals surface area contributed by atoms with Crippen LogP contribution in [0.5, 0.6) is 0 Å². The monoisotopic (exact) mass is 480 g/mol. The number of anilines is 2. The molecule has 4 atom stereocenters. The molecule has 3 aliphatic heterocycles. The molecule has 178 valence electrons. The van der Waals surface area contributed by atoms with Crippen LogP contribution in [0.3, 0.4) is 0 Å². The molecule has 0 spiro atoms. The van der Waals surface area contributed by atoms with E-state index in [4.69, 9.17) is 0 Å². The van der Waals surface area contributed by atoms with Gasteiger partial charge in [-0.1, -0.05) is 42.5 Å². The van der Waals surface area contributed by atoms with E-state index in [-0.39, 0.29) is 17.3 Å². The highest BCUT2D eigenvalue weighted by Gasteiger charge is 2.64. The van der Waals surface area contributed by atoms with Gasteiger partial charge in [0.2, 0.25) is 17.7 Å². The molecule has 1 N–H and O–H groups in total. The number of hydrogen-bond donors (Lipinski definition) is 1. The molecule has 6 rings (SSSR count). The quantitative estimate of drug-likeness (QED) is 0.346. The predicted molar refractivity (Wildman–Crippen MR) is 131 cm³/mol. The molecule has 3 aliphatic rings. The molecule has 9 heteroatoms. The van der Waals surface area contributed by atoms with E-state index in [1.807, 2.05) is 41.3 Å². The maximum absolute atomic E-state index is 13.8. The molecule has 0 saturated carbocycles. The first-order valence-electron chi connectivity index (χ1n) is 11.5. The summed E-state index contributed by atoms with van der Waals surface area (Å²) in [5, 5.41) is 14.0. The van der Waals surface area contributed by atoms with Crippen LogP contribution in [0.15, 0.2) is 85.1 Å². The van der Waals surface area contributed by atoms with Crippen molar-refractivity contribution in [2.45, 2.75) is 12.1 Å². The number of non-ortho nitro benzene ring substituents is 1. The first kappa shape index (κ1) is 21.7. The van der Waals surface area contributed by atoms with Crippen molar-refractivity contribution in [3.05, 3.63) is 106 Å². The Kier molecular flexibility index (Phi) is 4.92. The van der Waals surface area contributed by atoms with Crippen molar-refractivity contribution in [3.63, 3.8) is 0 Å². The summed E-state index contributed by atoms with van der Waals surface area (Å²) in [4.78, 5) is 54.6. The molecule has 0 aromatic heterocycles. The van der Waals surface area contributed by atoms with Gasteiger partial charge >= 0.3 is 0 Å². The minimum absolute atomic E-state index is 0.143. The smallest absolute Gasteiger partial charge is 0.269 e. The lowest BCUT2D eigenvalue weighted by Crippen LogP contribution is -2.46. The highest BCUT2D eigenvalue weighted by atomic mass is 16.6. The molecule has 9 nitrogen and oxygen atoms in total. The van der Waals surface area contributed by atoms with Gasteiger partial charge in [-0.25, -0.2) is 4.90 Å². The van der Waals surface area contributed by atoms with Crippen LogP contribution >= 0.6 is 0 Å². The molecule has 2 fully saturated rings. The SMILES string of the molecule is O=C(Nc1ccccc1)[C@@H]1[C@@H]2C(=O)N(c3ccc([N+](=O)[O-])cc3)C(=O)[C@H]2[C@@H]2c3ccccc3C=CN12. The van der Waals surface area contributed by atoms with Crippen molar-refractivity contribution in [1.82, 2.24) is 4.90 Å². The summed E-state index contributed by atoms with van der Waals surface area (Å²) in [5.74, 6) is -3.00. The Labute approximate surface area is 205 Å². The van der Waals surface area contributed by atoms with Crippen LogP contribution in [0.4, 0.5) is 17.1 Å². The predicted octanol–water partition coefficient (Wildman–Crippen LogP) is 3.75.